The predicted molar refractivity (Wildman–Crippen MR) is 71.5 cm³/mol. The van der Waals surface area contributed by atoms with E-state index in [0.29, 0.717) is 18.2 Å². The first kappa shape index (κ1) is 11.3. The minimum absolute atomic E-state index is 0.235. The molecule has 0 spiro atoms. The van der Waals surface area contributed by atoms with Gasteiger partial charge in [-0.15, -0.1) is 0 Å². The maximum absolute atomic E-state index is 12.1. The molecule has 1 aliphatic carbocycles. The van der Waals surface area contributed by atoms with Crippen molar-refractivity contribution in [1.29, 1.82) is 0 Å². The van der Waals surface area contributed by atoms with Gasteiger partial charge in [0.25, 0.3) is 0 Å². The fraction of sp³-hybridized carbons (Fsp3) is 0.429. The van der Waals surface area contributed by atoms with Gasteiger partial charge in [-0.1, -0.05) is 6.92 Å². The number of rotatable bonds is 3. The van der Waals surface area contributed by atoms with Crippen molar-refractivity contribution in [3.63, 3.8) is 0 Å². The molecule has 3 N–H and O–H groups in total. The quantitative estimate of drug-likeness (QED) is 0.869. The third-order valence-electron chi connectivity index (χ3n) is 3.97. The lowest BCUT2D eigenvalue weighted by Crippen LogP contribution is -2.20. The highest BCUT2D eigenvalue weighted by atomic mass is 16.1. The highest BCUT2D eigenvalue weighted by Crippen LogP contribution is 2.51. The summed E-state index contributed by atoms with van der Waals surface area (Å²) in [5.74, 6) is 0.765. The normalized spacial score (nSPS) is 17.0. The van der Waals surface area contributed by atoms with Gasteiger partial charge in [0.2, 0.25) is 0 Å². The van der Waals surface area contributed by atoms with Crippen LogP contribution in [0.25, 0.3) is 11.0 Å². The molecule has 0 aliphatic heterocycles. The number of nitrogens with two attached hydrogens (primary N) is 1. The molecule has 0 radical (unpaired) electrons. The van der Waals surface area contributed by atoms with E-state index in [9.17, 15) is 4.79 Å². The number of benzene rings is 1. The monoisotopic (exact) mass is 243 g/mol. The van der Waals surface area contributed by atoms with Crippen LogP contribution in [0.3, 0.4) is 0 Å². The lowest BCUT2D eigenvalue weighted by atomic mass is 9.86. The van der Waals surface area contributed by atoms with Crippen LogP contribution in [0.4, 0.5) is 5.95 Å². The van der Waals surface area contributed by atoms with E-state index >= 15 is 0 Å². The first-order valence-electron chi connectivity index (χ1n) is 6.36. The van der Waals surface area contributed by atoms with Gasteiger partial charge in [-0.05, 0) is 43.0 Å². The number of imidazole rings is 1. The molecule has 1 saturated carbocycles. The molecule has 0 bridgehead atoms. The van der Waals surface area contributed by atoms with Gasteiger partial charge in [0, 0.05) is 6.42 Å². The number of nitrogens with one attached hydrogen (secondary N) is 1. The zero-order valence-corrected chi connectivity index (χ0v) is 10.7. The van der Waals surface area contributed by atoms with Crippen LogP contribution in [0.5, 0.6) is 0 Å². The highest BCUT2D eigenvalue weighted by Gasteiger charge is 2.50. The Morgan fingerprint density at radius 2 is 2.22 bits per heavy atom. The summed E-state index contributed by atoms with van der Waals surface area (Å²) in [4.78, 5) is 19.4. The van der Waals surface area contributed by atoms with Gasteiger partial charge in [-0.2, -0.15) is 0 Å². The lowest BCUT2D eigenvalue weighted by molar-refractivity contribution is -0.121. The van der Waals surface area contributed by atoms with Gasteiger partial charge in [-0.25, -0.2) is 4.98 Å². The van der Waals surface area contributed by atoms with Crippen LogP contribution in [-0.2, 0) is 10.2 Å². The zero-order chi connectivity index (χ0) is 12.9. The number of carbonyl (C=O) groups excluding carboxylic acids is 1. The van der Waals surface area contributed by atoms with Crippen molar-refractivity contribution >= 4 is 22.8 Å². The Balaban J connectivity index is 2.17. The van der Waals surface area contributed by atoms with Gasteiger partial charge >= 0.3 is 0 Å². The number of anilines is 1. The number of hydrogen-bond acceptors (Lipinski definition) is 3. The van der Waals surface area contributed by atoms with Crippen LogP contribution in [0.1, 0.15) is 37.3 Å². The average Bonchev–Trinajstić information content (AvgIpc) is 3.05. The molecule has 4 nitrogen and oxygen atoms in total. The molecule has 1 aromatic carbocycles. The van der Waals surface area contributed by atoms with Crippen LogP contribution in [0.15, 0.2) is 12.1 Å². The Morgan fingerprint density at radius 3 is 2.83 bits per heavy atom. The standard InChI is InChI=1S/C14H17N3O/c1-3-12(18)14(4-5-14)9-7-11-10(6-8(9)2)16-13(15)17-11/h6-7H,3-5H2,1-2H3,(H3,15,16,17). The Labute approximate surface area is 106 Å². The molecule has 0 amide bonds. The van der Waals surface area contributed by atoms with Crippen molar-refractivity contribution in [3.05, 3.63) is 23.3 Å². The summed E-state index contributed by atoms with van der Waals surface area (Å²) in [5.41, 5.74) is 9.50. The van der Waals surface area contributed by atoms with Crippen molar-refractivity contribution in [1.82, 2.24) is 9.97 Å². The Hall–Kier alpha value is -1.84. The number of fused-ring (bicyclic) bond motifs is 1. The summed E-state index contributed by atoms with van der Waals surface area (Å²) in [5, 5.41) is 0. The van der Waals surface area contributed by atoms with Gasteiger partial charge in [0.1, 0.15) is 5.78 Å². The summed E-state index contributed by atoms with van der Waals surface area (Å²) >= 11 is 0. The fourth-order valence-corrected chi connectivity index (χ4v) is 2.86. The molecule has 1 aromatic heterocycles. The SMILES string of the molecule is CCC(=O)C1(c2cc3nc(N)[nH]c3cc2C)CC1. The molecule has 4 heteroatoms. The molecule has 94 valence electrons. The van der Waals surface area contributed by atoms with Crippen molar-refractivity contribution < 1.29 is 4.79 Å². The topological polar surface area (TPSA) is 71.8 Å². The molecule has 1 heterocycles. The van der Waals surface area contributed by atoms with E-state index in [1.165, 1.54) is 0 Å². The molecule has 1 fully saturated rings. The number of nitrogen functional groups attached to an aromatic ring is 1. The highest BCUT2D eigenvalue weighted by molar-refractivity contribution is 5.94. The molecule has 2 aromatic rings. The number of aryl methyl sites for hydroxylation is 1. The van der Waals surface area contributed by atoms with Crippen LogP contribution in [-0.4, -0.2) is 15.8 Å². The van der Waals surface area contributed by atoms with Crippen LogP contribution < -0.4 is 5.73 Å². The average molecular weight is 243 g/mol. The number of nitrogens with zero attached hydrogens (tertiary/aromatic N) is 1. The largest absolute Gasteiger partial charge is 0.369 e. The van der Waals surface area contributed by atoms with Crippen LogP contribution in [0, 0.1) is 6.92 Å². The lowest BCUT2D eigenvalue weighted by Gasteiger charge is -2.16. The van der Waals surface area contributed by atoms with E-state index < -0.39 is 0 Å². The second-order valence-electron chi connectivity index (χ2n) is 5.17. The molecule has 1 aliphatic rings. The van der Waals surface area contributed by atoms with Gasteiger partial charge < -0.3 is 10.7 Å². The molecule has 0 saturated heterocycles. The molecular weight excluding hydrogens is 226 g/mol. The molecule has 0 unspecified atom stereocenters. The maximum Gasteiger partial charge on any atom is 0.198 e. The summed E-state index contributed by atoms with van der Waals surface area (Å²) in [6.07, 6.45) is 2.53. The van der Waals surface area contributed by atoms with Gasteiger partial charge in [0.05, 0.1) is 16.4 Å². The second-order valence-corrected chi connectivity index (χ2v) is 5.17. The smallest absolute Gasteiger partial charge is 0.198 e. The van der Waals surface area contributed by atoms with Crippen LogP contribution in [0.2, 0.25) is 0 Å². The van der Waals surface area contributed by atoms with Crippen LogP contribution >= 0.6 is 0 Å². The summed E-state index contributed by atoms with van der Waals surface area (Å²) in [7, 11) is 0. The Morgan fingerprint density at radius 1 is 1.50 bits per heavy atom. The number of aromatic nitrogens is 2. The van der Waals surface area contributed by atoms with E-state index in [1.54, 1.807) is 0 Å². The van der Waals surface area contributed by atoms with Crippen molar-refractivity contribution in [2.75, 3.05) is 5.73 Å². The number of aromatic amines is 1. The number of ketones is 1. The van der Waals surface area contributed by atoms with E-state index in [1.807, 2.05) is 19.1 Å². The first-order chi connectivity index (χ1) is 8.56. The maximum atomic E-state index is 12.1. The molecule has 0 atom stereocenters. The third kappa shape index (κ3) is 1.45. The Bertz CT molecular complexity index is 638. The minimum Gasteiger partial charge on any atom is -0.369 e. The van der Waals surface area contributed by atoms with Crippen molar-refractivity contribution in [3.8, 4) is 0 Å². The summed E-state index contributed by atoms with van der Waals surface area (Å²) < 4.78 is 0. The first-order valence-corrected chi connectivity index (χ1v) is 6.36. The predicted octanol–water partition coefficient (Wildman–Crippen LogP) is 2.46. The van der Waals surface area contributed by atoms with E-state index in [-0.39, 0.29) is 5.41 Å². The molecule has 18 heavy (non-hydrogen) atoms. The zero-order valence-electron chi connectivity index (χ0n) is 10.7. The molecular formula is C14H17N3O. The fourth-order valence-electron chi connectivity index (χ4n) is 2.86. The second kappa shape index (κ2) is 3.57. The van der Waals surface area contributed by atoms with E-state index in [0.717, 1.165) is 35.0 Å². The van der Waals surface area contributed by atoms with Gasteiger partial charge in [-0.3, -0.25) is 4.79 Å². The number of Topliss-reactive ketones (excluding diaryl/α,β-unsaturated/α-hetero) is 1. The third-order valence-corrected chi connectivity index (χ3v) is 3.97. The number of hydrogen-bond donors (Lipinski definition) is 2. The summed E-state index contributed by atoms with van der Waals surface area (Å²) in [6, 6.07) is 4.06. The van der Waals surface area contributed by atoms with Crippen molar-refractivity contribution in [2.24, 2.45) is 0 Å². The molecule has 3 rings (SSSR count). The minimum atomic E-state index is -0.235. The number of carbonyl (C=O) groups is 1. The Kier molecular flexibility index (Phi) is 2.24. The van der Waals surface area contributed by atoms with E-state index in [4.69, 9.17) is 5.73 Å². The summed E-state index contributed by atoms with van der Waals surface area (Å²) in [6.45, 7) is 3.98. The van der Waals surface area contributed by atoms with Crippen molar-refractivity contribution in [2.45, 2.75) is 38.5 Å². The number of H-pyrrole nitrogens is 1. The van der Waals surface area contributed by atoms with E-state index in [2.05, 4.69) is 16.9 Å². The van der Waals surface area contributed by atoms with Gasteiger partial charge in [0.15, 0.2) is 5.95 Å².